The number of nitrogens with zero attached hydrogens (tertiary/aromatic N) is 1. The summed E-state index contributed by atoms with van der Waals surface area (Å²) in [5.74, 6) is 0.181. The van der Waals surface area contributed by atoms with Gasteiger partial charge in [0.05, 0.1) is 18.0 Å². The lowest BCUT2D eigenvalue weighted by atomic mass is 10.1. The van der Waals surface area contributed by atoms with E-state index in [-0.39, 0.29) is 11.0 Å². The normalized spacial score (nSPS) is 10.8. The quantitative estimate of drug-likeness (QED) is 0.776. The van der Waals surface area contributed by atoms with Gasteiger partial charge in [-0.2, -0.15) is 0 Å². The van der Waals surface area contributed by atoms with Crippen LogP contribution in [-0.4, -0.2) is 17.6 Å². The molecule has 3 aromatic rings. The van der Waals surface area contributed by atoms with Gasteiger partial charge in [0.1, 0.15) is 11.3 Å². The highest BCUT2D eigenvalue weighted by molar-refractivity contribution is 6.06. The van der Waals surface area contributed by atoms with Gasteiger partial charge in [-0.1, -0.05) is 12.1 Å². The van der Waals surface area contributed by atoms with Gasteiger partial charge in [0.25, 0.3) is 5.91 Å². The van der Waals surface area contributed by atoms with Crippen molar-refractivity contribution in [2.75, 3.05) is 12.4 Å². The molecule has 134 valence electrons. The maximum atomic E-state index is 12.9. The fourth-order valence-corrected chi connectivity index (χ4v) is 3.00. The van der Waals surface area contributed by atoms with E-state index in [2.05, 4.69) is 5.32 Å². The molecule has 5 nitrogen and oxygen atoms in total. The molecule has 0 fully saturated rings. The van der Waals surface area contributed by atoms with Crippen molar-refractivity contribution in [2.24, 2.45) is 0 Å². The minimum atomic E-state index is -0.407. The van der Waals surface area contributed by atoms with Crippen molar-refractivity contribution in [3.05, 3.63) is 69.5 Å². The van der Waals surface area contributed by atoms with E-state index in [1.165, 1.54) is 0 Å². The predicted octanol–water partition coefficient (Wildman–Crippen LogP) is 3.90. The first kappa shape index (κ1) is 17.7. The number of aryl methyl sites for hydroxylation is 2. The van der Waals surface area contributed by atoms with Gasteiger partial charge in [-0.3, -0.25) is 9.59 Å². The number of fused-ring (bicyclic) bond motifs is 1. The summed E-state index contributed by atoms with van der Waals surface area (Å²) in [6, 6.07) is 11.0. The molecule has 3 rings (SSSR count). The lowest BCUT2D eigenvalue weighted by Crippen LogP contribution is -2.24. The van der Waals surface area contributed by atoms with Crippen LogP contribution in [0.2, 0.25) is 0 Å². The zero-order chi connectivity index (χ0) is 18.8. The SMILES string of the molecule is CCn1cc(C(=O)Nc2cccc(C)c2C)c(=O)c2cc(OC)ccc21. The van der Waals surface area contributed by atoms with Crippen LogP contribution >= 0.6 is 0 Å². The molecule has 0 spiro atoms. The van der Waals surface area contributed by atoms with Crippen molar-refractivity contribution >= 4 is 22.5 Å². The Hall–Kier alpha value is -3.08. The fourth-order valence-electron chi connectivity index (χ4n) is 3.00. The van der Waals surface area contributed by atoms with Crippen molar-refractivity contribution in [2.45, 2.75) is 27.3 Å². The van der Waals surface area contributed by atoms with E-state index in [9.17, 15) is 9.59 Å². The summed E-state index contributed by atoms with van der Waals surface area (Å²) in [6.45, 7) is 6.55. The van der Waals surface area contributed by atoms with E-state index in [1.54, 1.807) is 19.4 Å². The van der Waals surface area contributed by atoms with E-state index < -0.39 is 5.91 Å². The number of rotatable bonds is 4. The summed E-state index contributed by atoms with van der Waals surface area (Å²) in [6.07, 6.45) is 1.62. The predicted molar refractivity (Wildman–Crippen MR) is 104 cm³/mol. The Balaban J connectivity index is 2.12. The number of ether oxygens (including phenoxy) is 1. The second kappa shape index (κ2) is 7.04. The molecule has 1 N–H and O–H groups in total. The molecule has 0 saturated carbocycles. The van der Waals surface area contributed by atoms with Crippen LogP contribution in [0.4, 0.5) is 5.69 Å². The van der Waals surface area contributed by atoms with Crippen LogP contribution in [0.3, 0.4) is 0 Å². The average Bonchev–Trinajstić information content (AvgIpc) is 2.65. The molecule has 5 heteroatoms. The van der Waals surface area contributed by atoms with Gasteiger partial charge in [-0.25, -0.2) is 0 Å². The third-order valence-corrected chi connectivity index (χ3v) is 4.73. The third kappa shape index (κ3) is 3.08. The lowest BCUT2D eigenvalue weighted by molar-refractivity contribution is 0.102. The summed E-state index contributed by atoms with van der Waals surface area (Å²) in [5, 5.41) is 3.34. The number of hydrogen-bond donors (Lipinski definition) is 1. The summed E-state index contributed by atoms with van der Waals surface area (Å²) >= 11 is 0. The lowest BCUT2D eigenvalue weighted by Gasteiger charge is -2.14. The Morgan fingerprint density at radius 2 is 1.96 bits per heavy atom. The molecule has 0 atom stereocenters. The monoisotopic (exact) mass is 350 g/mol. The highest BCUT2D eigenvalue weighted by atomic mass is 16.5. The molecule has 0 aliphatic carbocycles. The zero-order valence-corrected chi connectivity index (χ0v) is 15.4. The summed E-state index contributed by atoms with van der Waals surface area (Å²) in [4.78, 5) is 25.7. The highest BCUT2D eigenvalue weighted by Gasteiger charge is 2.17. The minimum absolute atomic E-state index is 0.119. The number of anilines is 1. The topological polar surface area (TPSA) is 60.3 Å². The standard InChI is InChI=1S/C21H22N2O3/c1-5-23-12-17(20(24)16-11-15(26-4)9-10-19(16)23)21(25)22-18-8-6-7-13(2)14(18)3/h6-12H,5H2,1-4H3,(H,22,25). The van der Waals surface area contributed by atoms with Gasteiger partial charge in [0.2, 0.25) is 5.43 Å². The Morgan fingerprint density at radius 1 is 1.19 bits per heavy atom. The van der Waals surface area contributed by atoms with Crippen LogP contribution in [0, 0.1) is 13.8 Å². The van der Waals surface area contributed by atoms with E-state index in [0.717, 1.165) is 16.6 Å². The van der Waals surface area contributed by atoms with Crippen LogP contribution in [0.25, 0.3) is 10.9 Å². The van der Waals surface area contributed by atoms with Gasteiger partial charge >= 0.3 is 0 Å². The molecule has 0 bridgehead atoms. The molecule has 0 radical (unpaired) electrons. The summed E-state index contributed by atoms with van der Waals surface area (Å²) in [5.41, 5.74) is 3.38. The van der Waals surface area contributed by atoms with Gasteiger partial charge in [-0.15, -0.1) is 0 Å². The molecule has 0 aliphatic heterocycles. The van der Waals surface area contributed by atoms with E-state index in [0.29, 0.717) is 23.4 Å². The Kier molecular flexibility index (Phi) is 4.80. The first-order valence-electron chi connectivity index (χ1n) is 8.55. The third-order valence-electron chi connectivity index (χ3n) is 4.73. The zero-order valence-electron chi connectivity index (χ0n) is 15.4. The van der Waals surface area contributed by atoms with Crippen molar-refractivity contribution in [1.82, 2.24) is 4.57 Å². The van der Waals surface area contributed by atoms with E-state index >= 15 is 0 Å². The molecule has 1 heterocycles. The fraction of sp³-hybridized carbons (Fsp3) is 0.238. The van der Waals surface area contributed by atoms with Crippen LogP contribution in [0.5, 0.6) is 5.75 Å². The number of nitrogens with one attached hydrogen (secondary N) is 1. The summed E-state index contributed by atoms with van der Waals surface area (Å²) < 4.78 is 7.12. The number of carbonyl (C=O) groups is 1. The molecule has 0 saturated heterocycles. The molecule has 26 heavy (non-hydrogen) atoms. The smallest absolute Gasteiger partial charge is 0.261 e. The average molecular weight is 350 g/mol. The summed E-state index contributed by atoms with van der Waals surface area (Å²) in [7, 11) is 1.55. The maximum absolute atomic E-state index is 12.9. The second-order valence-electron chi connectivity index (χ2n) is 6.24. The largest absolute Gasteiger partial charge is 0.497 e. The van der Waals surface area contributed by atoms with Gasteiger partial charge in [-0.05, 0) is 56.2 Å². The molecule has 2 aromatic carbocycles. The van der Waals surface area contributed by atoms with E-state index in [4.69, 9.17) is 4.74 Å². The number of hydrogen-bond acceptors (Lipinski definition) is 3. The number of methoxy groups -OCH3 is 1. The molecular weight excluding hydrogens is 328 g/mol. The number of amides is 1. The van der Waals surface area contributed by atoms with Crippen molar-refractivity contribution in [3.8, 4) is 5.75 Å². The van der Waals surface area contributed by atoms with Gasteiger partial charge in [0, 0.05) is 18.4 Å². The Bertz CT molecular complexity index is 1050. The Labute approximate surface area is 152 Å². The number of carbonyl (C=O) groups excluding carboxylic acids is 1. The molecule has 1 amide bonds. The molecule has 0 unspecified atom stereocenters. The highest BCUT2D eigenvalue weighted by Crippen LogP contribution is 2.21. The van der Waals surface area contributed by atoms with Crippen molar-refractivity contribution in [3.63, 3.8) is 0 Å². The first-order valence-corrected chi connectivity index (χ1v) is 8.55. The van der Waals surface area contributed by atoms with Crippen molar-refractivity contribution < 1.29 is 9.53 Å². The maximum Gasteiger partial charge on any atom is 0.261 e. The second-order valence-corrected chi connectivity index (χ2v) is 6.24. The van der Waals surface area contributed by atoms with Crippen molar-refractivity contribution in [1.29, 1.82) is 0 Å². The molecule has 0 aliphatic rings. The Morgan fingerprint density at radius 3 is 2.65 bits per heavy atom. The van der Waals surface area contributed by atoms with Gasteiger partial charge < -0.3 is 14.6 Å². The van der Waals surface area contributed by atoms with Crippen LogP contribution in [0.1, 0.15) is 28.4 Å². The van der Waals surface area contributed by atoms with E-state index in [1.807, 2.05) is 55.7 Å². The number of aromatic nitrogens is 1. The molecule has 1 aromatic heterocycles. The minimum Gasteiger partial charge on any atom is -0.497 e. The first-order chi connectivity index (χ1) is 12.5. The van der Waals surface area contributed by atoms with Crippen LogP contribution in [0.15, 0.2) is 47.4 Å². The molecular formula is C21H22N2O3. The van der Waals surface area contributed by atoms with Gasteiger partial charge in [0.15, 0.2) is 0 Å². The van der Waals surface area contributed by atoms with Crippen LogP contribution < -0.4 is 15.5 Å². The number of pyridine rings is 1. The number of benzene rings is 2. The van der Waals surface area contributed by atoms with Crippen LogP contribution in [-0.2, 0) is 6.54 Å².